The number of nitrogens with one attached hydrogen (secondary N) is 1. The molecule has 0 spiro atoms. The zero-order chi connectivity index (χ0) is 11.5. The third-order valence-electron chi connectivity index (χ3n) is 2.98. The summed E-state index contributed by atoms with van der Waals surface area (Å²) in [6.07, 6.45) is 1.89. The molecule has 0 aliphatic heterocycles. The molecule has 4 heteroatoms. The molecule has 1 aromatic rings. The van der Waals surface area contributed by atoms with Crippen LogP contribution in [0.5, 0.6) is 0 Å². The summed E-state index contributed by atoms with van der Waals surface area (Å²) in [5, 5.41) is 11.7. The summed E-state index contributed by atoms with van der Waals surface area (Å²) in [6, 6.07) is 7.29. The smallest absolute Gasteiger partial charge is 0.239 e. The average Bonchev–Trinajstić information content (AvgIpc) is 2.72. The number of nitrogens with two attached hydrogens (primary N) is 1. The Hall–Kier alpha value is -1.39. The van der Waals surface area contributed by atoms with Crippen molar-refractivity contribution in [3.63, 3.8) is 0 Å². The van der Waals surface area contributed by atoms with Gasteiger partial charge >= 0.3 is 0 Å². The number of carbonyl (C=O) groups excluding carboxylic acids is 1. The minimum Gasteiger partial charge on any atom is -0.394 e. The fraction of sp³-hybridized carbons (Fsp3) is 0.417. The second kappa shape index (κ2) is 4.63. The lowest BCUT2D eigenvalue weighted by Crippen LogP contribution is -2.44. The van der Waals surface area contributed by atoms with Gasteiger partial charge in [-0.15, -0.1) is 0 Å². The van der Waals surface area contributed by atoms with Gasteiger partial charge in [0.25, 0.3) is 0 Å². The molecule has 4 N–H and O–H groups in total. The quantitative estimate of drug-likeness (QED) is 0.676. The first-order valence-electron chi connectivity index (χ1n) is 5.47. The predicted octanol–water partition coefficient (Wildman–Crippen LogP) is 0.110. The highest BCUT2D eigenvalue weighted by atomic mass is 16.3. The fourth-order valence-electron chi connectivity index (χ4n) is 2.07. The van der Waals surface area contributed by atoms with E-state index < -0.39 is 6.04 Å². The van der Waals surface area contributed by atoms with Crippen LogP contribution in [0, 0.1) is 0 Å². The molecule has 0 saturated heterocycles. The molecule has 0 fully saturated rings. The molecule has 1 aromatic carbocycles. The van der Waals surface area contributed by atoms with Crippen molar-refractivity contribution in [2.75, 3.05) is 6.61 Å². The first-order chi connectivity index (χ1) is 7.72. The van der Waals surface area contributed by atoms with Gasteiger partial charge in [-0.3, -0.25) is 4.79 Å². The monoisotopic (exact) mass is 220 g/mol. The van der Waals surface area contributed by atoms with Crippen LogP contribution in [0.25, 0.3) is 0 Å². The maximum atomic E-state index is 11.5. The molecular weight excluding hydrogens is 204 g/mol. The van der Waals surface area contributed by atoms with E-state index in [2.05, 4.69) is 11.4 Å². The highest BCUT2D eigenvalue weighted by Crippen LogP contribution is 2.30. The van der Waals surface area contributed by atoms with Crippen molar-refractivity contribution < 1.29 is 9.90 Å². The molecule has 2 unspecified atom stereocenters. The van der Waals surface area contributed by atoms with Crippen molar-refractivity contribution in [2.24, 2.45) is 5.73 Å². The van der Waals surface area contributed by atoms with E-state index in [-0.39, 0.29) is 18.6 Å². The minimum atomic E-state index is -0.826. The standard InChI is InChI=1S/C12H16N2O2/c13-10(7-15)12(16)14-11-6-5-8-3-1-2-4-9(8)11/h1-4,10-11,15H,5-7,13H2,(H,14,16). The SMILES string of the molecule is NC(CO)C(=O)NC1CCc2ccccc21. The molecule has 0 bridgehead atoms. The van der Waals surface area contributed by atoms with Gasteiger partial charge in [-0.25, -0.2) is 0 Å². The Labute approximate surface area is 94.5 Å². The van der Waals surface area contributed by atoms with Crippen LogP contribution in [0.3, 0.4) is 0 Å². The molecule has 1 amide bonds. The van der Waals surface area contributed by atoms with E-state index in [9.17, 15) is 4.79 Å². The van der Waals surface area contributed by atoms with Crippen molar-refractivity contribution in [2.45, 2.75) is 24.9 Å². The van der Waals surface area contributed by atoms with Crippen LogP contribution in [0.4, 0.5) is 0 Å². The van der Waals surface area contributed by atoms with Crippen molar-refractivity contribution in [1.82, 2.24) is 5.32 Å². The number of carbonyl (C=O) groups is 1. The highest BCUT2D eigenvalue weighted by Gasteiger charge is 2.24. The molecule has 0 saturated carbocycles. The minimum absolute atomic E-state index is 0.0429. The first kappa shape index (κ1) is 11.1. The number of benzene rings is 1. The largest absolute Gasteiger partial charge is 0.394 e. The number of hydrogen-bond acceptors (Lipinski definition) is 3. The third kappa shape index (κ3) is 2.08. The summed E-state index contributed by atoms with van der Waals surface area (Å²) < 4.78 is 0. The van der Waals surface area contributed by atoms with E-state index in [1.165, 1.54) is 11.1 Å². The van der Waals surface area contributed by atoms with Crippen LogP contribution in [0.2, 0.25) is 0 Å². The molecular formula is C12H16N2O2. The number of aliphatic hydroxyl groups is 1. The second-order valence-electron chi connectivity index (χ2n) is 4.09. The number of aryl methyl sites for hydroxylation is 1. The lowest BCUT2D eigenvalue weighted by atomic mass is 10.1. The molecule has 1 aliphatic rings. The van der Waals surface area contributed by atoms with E-state index in [4.69, 9.17) is 10.8 Å². The molecule has 0 aromatic heterocycles. The number of rotatable bonds is 3. The Bertz CT molecular complexity index is 392. The van der Waals surface area contributed by atoms with E-state index >= 15 is 0 Å². The number of hydrogen-bond donors (Lipinski definition) is 3. The highest BCUT2D eigenvalue weighted by molar-refractivity contribution is 5.82. The van der Waals surface area contributed by atoms with E-state index in [0.717, 1.165) is 12.8 Å². The van der Waals surface area contributed by atoms with Crippen molar-refractivity contribution in [3.05, 3.63) is 35.4 Å². The summed E-state index contributed by atoms with van der Waals surface area (Å²) in [5.74, 6) is -0.288. The molecule has 0 heterocycles. The number of fused-ring (bicyclic) bond motifs is 1. The van der Waals surface area contributed by atoms with Crippen molar-refractivity contribution >= 4 is 5.91 Å². The molecule has 1 aliphatic carbocycles. The van der Waals surface area contributed by atoms with E-state index in [1.54, 1.807) is 0 Å². The van der Waals surface area contributed by atoms with Gasteiger partial charge in [0, 0.05) is 0 Å². The third-order valence-corrected chi connectivity index (χ3v) is 2.98. The van der Waals surface area contributed by atoms with Gasteiger partial charge in [-0.2, -0.15) is 0 Å². The Balaban J connectivity index is 2.06. The lowest BCUT2D eigenvalue weighted by molar-refractivity contribution is -0.123. The molecule has 0 radical (unpaired) electrons. The molecule has 86 valence electrons. The van der Waals surface area contributed by atoms with Crippen LogP contribution < -0.4 is 11.1 Å². The maximum Gasteiger partial charge on any atom is 0.239 e. The zero-order valence-corrected chi connectivity index (χ0v) is 9.02. The Morgan fingerprint density at radius 2 is 2.31 bits per heavy atom. The molecule has 2 rings (SSSR count). The molecule has 4 nitrogen and oxygen atoms in total. The van der Waals surface area contributed by atoms with Crippen LogP contribution in [-0.4, -0.2) is 23.7 Å². The van der Waals surface area contributed by atoms with Crippen LogP contribution in [0.1, 0.15) is 23.6 Å². The van der Waals surface area contributed by atoms with Crippen molar-refractivity contribution in [3.8, 4) is 0 Å². The van der Waals surface area contributed by atoms with Gasteiger partial charge in [0.2, 0.25) is 5.91 Å². The van der Waals surface area contributed by atoms with E-state index in [0.29, 0.717) is 0 Å². The van der Waals surface area contributed by atoms with Crippen LogP contribution >= 0.6 is 0 Å². The second-order valence-corrected chi connectivity index (χ2v) is 4.09. The summed E-state index contributed by atoms with van der Waals surface area (Å²) >= 11 is 0. The summed E-state index contributed by atoms with van der Waals surface area (Å²) in [5.41, 5.74) is 7.90. The van der Waals surface area contributed by atoms with Gasteiger partial charge in [-0.1, -0.05) is 24.3 Å². The van der Waals surface area contributed by atoms with Gasteiger partial charge < -0.3 is 16.2 Å². The van der Waals surface area contributed by atoms with Gasteiger partial charge in [0.05, 0.1) is 12.6 Å². The van der Waals surface area contributed by atoms with Gasteiger partial charge in [0.15, 0.2) is 0 Å². The molecule has 16 heavy (non-hydrogen) atoms. The topological polar surface area (TPSA) is 75.3 Å². The average molecular weight is 220 g/mol. The predicted molar refractivity (Wildman–Crippen MR) is 60.7 cm³/mol. The zero-order valence-electron chi connectivity index (χ0n) is 9.02. The Kier molecular flexibility index (Phi) is 3.22. The Morgan fingerprint density at radius 1 is 1.56 bits per heavy atom. The summed E-state index contributed by atoms with van der Waals surface area (Å²) in [7, 11) is 0. The molecule has 2 atom stereocenters. The lowest BCUT2D eigenvalue weighted by Gasteiger charge is -2.16. The summed E-state index contributed by atoms with van der Waals surface area (Å²) in [4.78, 5) is 11.5. The number of amides is 1. The van der Waals surface area contributed by atoms with Gasteiger partial charge in [0.1, 0.15) is 6.04 Å². The van der Waals surface area contributed by atoms with Crippen LogP contribution in [0.15, 0.2) is 24.3 Å². The Morgan fingerprint density at radius 3 is 3.06 bits per heavy atom. The van der Waals surface area contributed by atoms with Crippen molar-refractivity contribution in [1.29, 1.82) is 0 Å². The normalized spacial score (nSPS) is 20.2. The number of aliphatic hydroxyl groups excluding tert-OH is 1. The van der Waals surface area contributed by atoms with E-state index in [1.807, 2.05) is 18.2 Å². The fourth-order valence-corrected chi connectivity index (χ4v) is 2.07. The first-order valence-corrected chi connectivity index (χ1v) is 5.47. The van der Waals surface area contributed by atoms with Crippen LogP contribution in [-0.2, 0) is 11.2 Å². The summed E-state index contributed by atoms with van der Waals surface area (Å²) in [6.45, 7) is -0.319. The maximum absolute atomic E-state index is 11.5. The van der Waals surface area contributed by atoms with Gasteiger partial charge in [-0.05, 0) is 24.0 Å².